The van der Waals surface area contributed by atoms with Gasteiger partial charge in [-0.3, -0.25) is 9.69 Å². The molecular weight excluding hydrogens is 373 g/mol. The first-order valence-corrected chi connectivity index (χ1v) is 8.54. The number of benzene rings is 1. The molecule has 3 saturated carbocycles. The summed E-state index contributed by atoms with van der Waals surface area (Å²) in [5.41, 5.74) is 3.57. The normalized spacial score (nSPS) is 33.9. The lowest BCUT2D eigenvalue weighted by atomic mass is 9.32. The SMILES string of the molecule is NC(=O)C1CN([C@H](c2ccc(Cl)cc2)C23CC(C(F)(F)F)(C2)C3)C(=O)O1. The fourth-order valence-electron chi connectivity index (χ4n) is 4.80. The lowest BCUT2D eigenvalue weighted by Crippen LogP contribution is -2.71. The van der Waals surface area contributed by atoms with Gasteiger partial charge in [0.05, 0.1) is 18.0 Å². The average molecular weight is 389 g/mol. The third-order valence-corrected chi connectivity index (χ3v) is 6.16. The molecule has 2 bridgehead atoms. The Hall–Kier alpha value is -1.96. The first kappa shape index (κ1) is 17.5. The molecule has 1 aromatic carbocycles. The zero-order valence-electron chi connectivity index (χ0n) is 13.6. The van der Waals surface area contributed by atoms with E-state index in [-0.39, 0.29) is 25.8 Å². The molecule has 26 heavy (non-hydrogen) atoms. The van der Waals surface area contributed by atoms with Crippen LogP contribution in [0.5, 0.6) is 0 Å². The maximum Gasteiger partial charge on any atom is 0.411 e. The van der Waals surface area contributed by atoms with E-state index in [9.17, 15) is 22.8 Å². The van der Waals surface area contributed by atoms with E-state index >= 15 is 0 Å². The Kier molecular flexibility index (Phi) is 3.54. The monoisotopic (exact) mass is 388 g/mol. The Morgan fingerprint density at radius 2 is 1.85 bits per heavy atom. The summed E-state index contributed by atoms with van der Waals surface area (Å²) in [5, 5.41) is 0.482. The molecule has 1 aliphatic heterocycles. The molecule has 9 heteroatoms. The number of carbonyl (C=O) groups is 2. The number of hydrogen-bond donors (Lipinski definition) is 1. The van der Waals surface area contributed by atoms with E-state index in [1.807, 2.05) is 0 Å². The summed E-state index contributed by atoms with van der Waals surface area (Å²) in [6.07, 6.45) is -6.20. The number of nitrogens with zero attached hydrogens (tertiary/aromatic N) is 1. The van der Waals surface area contributed by atoms with E-state index < -0.39 is 41.2 Å². The molecule has 0 radical (unpaired) electrons. The van der Waals surface area contributed by atoms with Crippen LogP contribution in [0.1, 0.15) is 30.9 Å². The van der Waals surface area contributed by atoms with Crippen molar-refractivity contribution < 1.29 is 27.5 Å². The van der Waals surface area contributed by atoms with Crippen molar-refractivity contribution in [1.29, 1.82) is 0 Å². The van der Waals surface area contributed by atoms with E-state index in [0.717, 1.165) is 0 Å². The van der Waals surface area contributed by atoms with Gasteiger partial charge in [0.2, 0.25) is 0 Å². The summed E-state index contributed by atoms with van der Waals surface area (Å²) in [6.45, 7) is -0.0672. The minimum absolute atomic E-state index is 0.0399. The summed E-state index contributed by atoms with van der Waals surface area (Å²) in [5.74, 6) is -0.778. The van der Waals surface area contributed by atoms with E-state index in [2.05, 4.69) is 0 Å². The number of ether oxygens (including phenoxy) is 1. The van der Waals surface area contributed by atoms with Crippen molar-refractivity contribution in [2.75, 3.05) is 6.54 Å². The molecular formula is C17H16ClF3N2O3. The molecule has 4 aliphatic rings. The zero-order valence-corrected chi connectivity index (χ0v) is 14.3. The average Bonchev–Trinajstić information content (AvgIpc) is 2.83. The molecule has 140 valence electrons. The number of primary amides is 1. The minimum Gasteiger partial charge on any atom is -0.434 e. The Morgan fingerprint density at radius 3 is 2.31 bits per heavy atom. The van der Waals surface area contributed by atoms with Crippen LogP contribution in [0.15, 0.2) is 24.3 Å². The quantitative estimate of drug-likeness (QED) is 0.859. The Morgan fingerprint density at radius 1 is 1.27 bits per heavy atom. The zero-order chi connectivity index (χ0) is 18.9. The summed E-state index contributed by atoms with van der Waals surface area (Å²) in [4.78, 5) is 25.0. The predicted molar refractivity (Wildman–Crippen MR) is 85.1 cm³/mol. The van der Waals surface area contributed by atoms with Crippen molar-refractivity contribution in [1.82, 2.24) is 4.90 Å². The van der Waals surface area contributed by atoms with Crippen LogP contribution in [0.2, 0.25) is 5.02 Å². The summed E-state index contributed by atoms with van der Waals surface area (Å²) >= 11 is 5.91. The molecule has 0 spiro atoms. The molecule has 2 amide bonds. The Bertz CT molecular complexity index is 761. The Balaban J connectivity index is 1.66. The second-order valence-corrected chi connectivity index (χ2v) is 7.99. The number of cyclic esters (lactones) is 1. The van der Waals surface area contributed by atoms with Crippen LogP contribution in [0, 0.1) is 10.8 Å². The van der Waals surface area contributed by atoms with Crippen molar-refractivity contribution in [3.63, 3.8) is 0 Å². The highest BCUT2D eigenvalue weighted by atomic mass is 35.5. The fourth-order valence-corrected chi connectivity index (χ4v) is 4.93. The van der Waals surface area contributed by atoms with Gasteiger partial charge in [-0.2, -0.15) is 13.2 Å². The second-order valence-electron chi connectivity index (χ2n) is 7.55. The van der Waals surface area contributed by atoms with Crippen molar-refractivity contribution in [3.05, 3.63) is 34.9 Å². The summed E-state index contributed by atoms with van der Waals surface area (Å²) in [7, 11) is 0. The molecule has 1 saturated heterocycles. The molecule has 4 fully saturated rings. The molecule has 1 aromatic rings. The lowest BCUT2D eigenvalue weighted by Gasteiger charge is -2.73. The van der Waals surface area contributed by atoms with Crippen LogP contribution in [0.3, 0.4) is 0 Å². The predicted octanol–water partition coefficient (Wildman–Crippen LogP) is 3.42. The van der Waals surface area contributed by atoms with Crippen molar-refractivity contribution >= 4 is 23.6 Å². The van der Waals surface area contributed by atoms with Crippen LogP contribution in [-0.2, 0) is 9.53 Å². The van der Waals surface area contributed by atoms with Gasteiger partial charge in [-0.05, 0) is 42.4 Å². The topological polar surface area (TPSA) is 72.6 Å². The van der Waals surface area contributed by atoms with Gasteiger partial charge in [-0.25, -0.2) is 4.79 Å². The van der Waals surface area contributed by atoms with E-state index in [1.54, 1.807) is 24.3 Å². The van der Waals surface area contributed by atoms with Crippen molar-refractivity contribution in [2.24, 2.45) is 16.6 Å². The van der Waals surface area contributed by atoms with Gasteiger partial charge < -0.3 is 10.5 Å². The molecule has 5 nitrogen and oxygen atoms in total. The first-order valence-electron chi connectivity index (χ1n) is 8.16. The van der Waals surface area contributed by atoms with Crippen LogP contribution in [0.25, 0.3) is 0 Å². The maximum absolute atomic E-state index is 13.2. The number of halogens is 4. The van der Waals surface area contributed by atoms with Gasteiger partial charge in [0, 0.05) is 5.02 Å². The number of carbonyl (C=O) groups excluding carboxylic acids is 2. The van der Waals surface area contributed by atoms with Gasteiger partial charge in [-0.1, -0.05) is 23.7 Å². The van der Waals surface area contributed by atoms with Gasteiger partial charge in [0.1, 0.15) is 0 Å². The van der Waals surface area contributed by atoms with E-state index in [4.69, 9.17) is 22.1 Å². The van der Waals surface area contributed by atoms with E-state index in [1.165, 1.54) is 4.90 Å². The smallest absolute Gasteiger partial charge is 0.411 e. The highest BCUT2D eigenvalue weighted by Crippen LogP contribution is 2.82. The van der Waals surface area contributed by atoms with Crippen LogP contribution < -0.4 is 5.73 Å². The third kappa shape index (κ3) is 2.31. The summed E-state index contributed by atoms with van der Waals surface area (Å²) in [6, 6.07) is 6.03. The van der Waals surface area contributed by atoms with Gasteiger partial charge in [-0.15, -0.1) is 0 Å². The molecule has 3 aliphatic carbocycles. The molecule has 2 N–H and O–H groups in total. The number of alkyl halides is 3. The lowest BCUT2D eigenvalue weighted by molar-refractivity contribution is -0.375. The number of amides is 2. The minimum atomic E-state index is -4.25. The molecule has 1 heterocycles. The molecule has 1 unspecified atom stereocenters. The number of hydrogen-bond acceptors (Lipinski definition) is 3. The highest BCUT2D eigenvalue weighted by molar-refractivity contribution is 6.30. The van der Waals surface area contributed by atoms with Crippen LogP contribution in [-0.4, -0.2) is 35.7 Å². The Labute approximate surface area is 152 Å². The number of rotatable bonds is 4. The second kappa shape index (κ2) is 5.28. The maximum atomic E-state index is 13.2. The van der Waals surface area contributed by atoms with Gasteiger partial charge in [0.15, 0.2) is 6.10 Å². The fraction of sp³-hybridized carbons (Fsp3) is 0.529. The van der Waals surface area contributed by atoms with Crippen LogP contribution in [0.4, 0.5) is 18.0 Å². The summed E-state index contributed by atoms with van der Waals surface area (Å²) < 4.78 is 44.7. The van der Waals surface area contributed by atoms with Crippen molar-refractivity contribution in [2.45, 2.75) is 37.6 Å². The number of nitrogens with two attached hydrogens (primary N) is 1. The molecule has 0 aromatic heterocycles. The standard InChI is InChI=1S/C17H16ClF3N2O3/c18-10-3-1-9(2-4-10)12(23-5-11(13(22)24)26-14(23)25)15-6-16(7-15,8-15)17(19,20)21/h1-4,11-12H,5-8H2,(H2,22,24)/t11?,12-,15?,16?/m1/s1. The first-order chi connectivity index (χ1) is 12.1. The molecule has 5 rings (SSSR count). The van der Waals surface area contributed by atoms with E-state index in [0.29, 0.717) is 10.6 Å². The van der Waals surface area contributed by atoms with Gasteiger partial charge in [0.25, 0.3) is 5.91 Å². The van der Waals surface area contributed by atoms with Crippen LogP contribution >= 0.6 is 11.6 Å². The highest BCUT2D eigenvalue weighted by Gasteiger charge is 2.81. The van der Waals surface area contributed by atoms with Crippen molar-refractivity contribution in [3.8, 4) is 0 Å². The third-order valence-electron chi connectivity index (χ3n) is 5.91. The van der Waals surface area contributed by atoms with Gasteiger partial charge >= 0.3 is 12.3 Å². The molecule has 2 atom stereocenters. The largest absolute Gasteiger partial charge is 0.434 e.